The fourth-order valence-corrected chi connectivity index (χ4v) is 1.64. The van der Waals surface area contributed by atoms with Gasteiger partial charge in [-0.2, -0.15) is 0 Å². The third-order valence-electron chi connectivity index (χ3n) is 2.76. The van der Waals surface area contributed by atoms with E-state index in [1.165, 1.54) is 0 Å². The molecule has 0 saturated heterocycles. The number of carbonyl (C=O) groups excluding carboxylic acids is 1. The average molecular weight is 215 g/mol. The summed E-state index contributed by atoms with van der Waals surface area (Å²) >= 11 is 0. The summed E-state index contributed by atoms with van der Waals surface area (Å²) in [5.74, 6) is 0. The fraction of sp³-hybridized carbons (Fsp3) is 0.909. The first-order valence-electron chi connectivity index (χ1n) is 5.45. The van der Waals surface area contributed by atoms with E-state index in [0.29, 0.717) is 6.54 Å². The molecule has 0 heterocycles. The van der Waals surface area contributed by atoms with Crippen LogP contribution in [-0.2, 0) is 4.74 Å². The number of aliphatic hydroxyl groups excluding tert-OH is 1. The zero-order valence-electron chi connectivity index (χ0n) is 9.80. The van der Waals surface area contributed by atoms with Crippen LogP contribution in [-0.4, -0.2) is 30.0 Å². The summed E-state index contributed by atoms with van der Waals surface area (Å²) in [6, 6.07) is 0. The van der Waals surface area contributed by atoms with Crippen molar-refractivity contribution < 1.29 is 14.6 Å². The van der Waals surface area contributed by atoms with Crippen LogP contribution in [0.2, 0.25) is 0 Å². The number of ether oxygens (including phenoxy) is 1. The van der Waals surface area contributed by atoms with Gasteiger partial charge in [-0.1, -0.05) is 6.42 Å². The molecule has 1 aliphatic rings. The standard InChI is InChI=1S/C11H21NO3/c1-10(2,3)15-9(14)12-7-11(8-13)5-4-6-11/h13H,4-8H2,1-3H3,(H,12,14). The van der Waals surface area contributed by atoms with Gasteiger partial charge in [-0.25, -0.2) is 4.79 Å². The lowest BCUT2D eigenvalue weighted by Gasteiger charge is -2.40. The molecule has 0 atom stereocenters. The minimum absolute atomic E-state index is 0.0864. The maximum atomic E-state index is 11.3. The van der Waals surface area contributed by atoms with E-state index in [0.717, 1.165) is 19.3 Å². The highest BCUT2D eigenvalue weighted by Gasteiger charge is 2.36. The van der Waals surface area contributed by atoms with Gasteiger partial charge in [-0.15, -0.1) is 0 Å². The van der Waals surface area contributed by atoms with Gasteiger partial charge in [0.1, 0.15) is 5.60 Å². The molecule has 1 fully saturated rings. The molecule has 0 bridgehead atoms. The smallest absolute Gasteiger partial charge is 0.407 e. The molecule has 4 heteroatoms. The Bertz CT molecular complexity index is 223. The Morgan fingerprint density at radius 2 is 2.07 bits per heavy atom. The molecule has 0 aromatic rings. The van der Waals surface area contributed by atoms with Crippen molar-refractivity contribution in [3.63, 3.8) is 0 Å². The van der Waals surface area contributed by atoms with Gasteiger partial charge in [0.2, 0.25) is 0 Å². The Balaban J connectivity index is 2.27. The van der Waals surface area contributed by atoms with E-state index in [1.54, 1.807) is 0 Å². The molecular weight excluding hydrogens is 194 g/mol. The van der Waals surface area contributed by atoms with Gasteiger partial charge in [-0.05, 0) is 33.6 Å². The summed E-state index contributed by atoms with van der Waals surface area (Å²) in [4.78, 5) is 11.3. The van der Waals surface area contributed by atoms with Crippen LogP contribution in [0.15, 0.2) is 0 Å². The molecule has 0 radical (unpaired) electrons. The molecule has 0 aromatic heterocycles. The summed E-state index contributed by atoms with van der Waals surface area (Å²) in [6.07, 6.45) is 2.71. The van der Waals surface area contributed by atoms with Gasteiger partial charge < -0.3 is 15.2 Å². The minimum Gasteiger partial charge on any atom is -0.444 e. The van der Waals surface area contributed by atoms with E-state index < -0.39 is 11.7 Å². The number of hydrogen-bond donors (Lipinski definition) is 2. The summed E-state index contributed by atoms with van der Waals surface area (Å²) in [6.45, 7) is 6.15. The van der Waals surface area contributed by atoms with Gasteiger partial charge in [0.15, 0.2) is 0 Å². The number of alkyl carbamates (subject to hydrolysis) is 1. The number of hydrogen-bond acceptors (Lipinski definition) is 3. The third-order valence-corrected chi connectivity index (χ3v) is 2.76. The van der Waals surface area contributed by atoms with Gasteiger partial charge in [0.05, 0.1) is 6.61 Å². The fourth-order valence-electron chi connectivity index (χ4n) is 1.64. The summed E-state index contributed by atoms with van der Waals surface area (Å²) in [7, 11) is 0. The Labute approximate surface area is 91.0 Å². The van der Waals surface area contributed by atoms with Crippen molar-refractivity contribution >= 4 is 6.09 Å². The van der Waals surface area contributed by atoms with E-state index in [4.69, 9.17) is 4.74 Å². The normalized spacial score (nSPS) is 19.2. The topological polar surface area (TPSA) is 58.6 Å². The van der Waals surface area contributed by atoms with Gasteiger partial charge in [0.25, 0.3) is 0 Å². The maximum Gasteiger partial charge on any atom is 0.407 e. The van der Waals surface area contributed by atoms with Crippen LogP contribution in [0.5, 0.6) is 0 Å². The van der Waals surface area contributed by atoms with Crippen LogP contribution >= 0.6 is 0 Å². The molecule has 1 amide bonds. The second kappa shape index (κ2) is 4.39. The zero-order chi connectivity index (χ0) is 11.5. The lowest BCUT2D eigenvalue weighted by atomic mass is 9.69. The van der Waals surface area contributed by atoms with Gasteiger partial charge in [-0.3, -0.25) is 0 Å². The lowest BCUT2D eigenvalue weighted by Crippen LogP contribution is -2.45. The SMILES string of the molecule is CC(C)(C)OC(=O)NCC1(CO)CCC1. The van der Waals surface area contributed by atoms with Crippen LogP contribution in [0.25, 0.3) is 0 Å². The Kier molecular flexibility index (Phi) is 3.60. The van der Waals surface area contributed by atoms with Gasteiger partial charge in [0, 0.05) is 12.0 Å². The first-order valence-corrected chi connectivity index (χ1v) is 5.45. The molecule has 2 N–H and O–H groups in total. The van der Waals surface area contributed by atoms with E-state index in [9.17, 15) is 9.90 Å². The number of carbonyl (C=O) groups is 1. The molecule has 1 saturated carbocycles. The van der Waals surface area contributed by atoms with Crippen molar-refractivity contribution in [3.05, 3.63) is 0 Å². The van der Waals surface area contributed by atoms with Crippen LogP contribution in [0.3, 0.4) is 0 Å². The Morgan fingerprint density at radius 1 is 1.47 bits per heavy atom. The van der Waals surface area contributed by atoms with E-state index in [2.05, 4.69) is 5.32 Å². The highest BCUT2D eigenvalue weighted by Crippen LogP contribution is 2.39. The number of amides is 1. The summed E-state index contributed by atoms with van der Waals surface area (Å²) in [5, 5.41) is 11.9. The van der Waals surface area contributed by atoms with Crippen LogP contribution < -0.4 is 5.32 Å². The number of aliphatic hydroxyl groups is 1. The first-order chi connectivity index (χ1) is 6.87. The van der Waals surface area contributed by atoms with Gasteiger partial charge >= 0.3 is 6.09 Å². The monoisotopic (exact) mass is 215 g/mol. The molecule has 1 rings (SSSR count). The highest BCUT2D eigenvalue weighted by atomic mass is 16.6. The Hall–Kier alpha value is -0.770. The van der Waals surface area contributed by atoms with Crippen molar-refractivity contribution in [2.75, 3.05) is 13.2 Å². The molecule has 0 unspecified atom stereocenters. The third kappa shape index (κ3) is 3.70. The molecule has 0 spiro atoms. The average Bonchev–Trinajstić information content (AvgIpc) is 1.99. The van der Waals surface area contributed by atoms with Crippen LogP contribution in [0.4, 0.5) is 4.79 Å². The molecular formula is C11H21NO3. The van der Waals surface area contributed by atoms with Crippen molar-refractivity contribution in [2.45, 2.75) is 45.6 Å². The second-order valence-corrected chi connectivity index (χ2v) is 5.37. The molecule has 0 aliphatic heterocycles. The molecule has 0 aromatic carbocycles. The van der Waals surface area contributed by atoms with Crippen LogP contribution in [0.1, 0.15) is 40.0 Å². The van der Waals surface area contributed by atoms with Crippen molar-refractivity contribution in [3.8, 4) is 0 Å². The maximum absolute atomic E-state index is 11.3. The van der Waals surface area contributed by atoms with Crippen molar-refractivity contribution in [1.29, 1.82) is 0 Å². The first kappa shape index (κ1) is 12.3. The highest BCUT2D eigenvalue weighted by molar-refractivity contribution is 5.67. The summed E-state index contributed by atoms with van der Waals surface area (Å²) < 4.78 is 5.11. The zero-order valence-corrected chi connectivity index (χ0v) is 9.80. The molecule has 15 heavy (non-hydrogen) atoms. The van der Waals surface area contributed by atoms with Crippen molar-refractivity contribution in [2.24, 2.45) is 5.41 Å². The largest absolute Gasteiger partial charge is 0.444 e. The Morgan fingerprint density at radius 3 is 2.40 bits per heavy atom. The molecule has 1 aliphatic carbocycles. The number of nitrogens with one attached hydrogen (secondary N) is 1. The predicted octanol–water partition coefficient (Wildman–Crippen LogP) is 1.67. The minimum atomic E-state index is -0.462. The molecule has 4 nitrogen and oxygen atoms in total. The second-order valence-electron chi connectivity index (χ2n) is 5.37. The van der Waals surface area contributed by atoms with Crippen LogP contribution in [0, 0.1) is 5.41 Å². The van der Waals surface area contributed by atoms with E-state index >= 15 is 0 Å². The van der Waals surface area contributed by atoms with E-state index in [1.807, 2.05) is 20.8 Å². The summed E-state index contributed by atoms with van der Waals surface area (Å²) in [5.41, 5.74) is -0.549. The molecule has 88 valence electrons. The van der Waals surface area contributed by atoms with E-state index in [-0.39, 0.29) is 12.0 Å². The van der Waals surface area contributed by atoms with Crippen molar-refractivity contribution in [1.82, 2.24) is 5.32 Å². The quantitative estimate of drug-likeness (QED) is 0.753. The predicted molar refractivity (Wildman–Crippen MR) is 57.6 cm³/mol. The number of rotatable bonds is 3. The lowest BCUT2D eigenvalue weighted by molar-refractivity contribution is 0.0274.